The molecule has 0 fully saturated rings. The van der Waals surface area contributed by atoms with Crippen LogP contribution < -0.4 is 20.5 Å². The van der Waals surface area contributed by atoms with Crippen molar-refractivity contribution in [3.63, 3.8) is 0 Å². The highest BCUT2D eigenvalue weighted by Gasteiger charge is 2.19. The number of hydrogen-bond donors (Lipinski definition) is 2. The molecule has 4 aromatic rings. The van der Waals surface area contributed by atoms with Crippen LogP contribution in [0.4, 0.5) is 11.8 Å². The molecule has 0 amide bonds. The number of benzene rings is 2. The number of nitrogen functional groups attached to an aromatic ring is 1. The van der Waals surface area contributed by atoms with E-state index in [4.69, 9.17) is 31.8 Å². The number of nitrogens with one attached hydrogen (secondary N) is 1. The summed E-state index contributed by atoms with van der Waals surface area (Å²) in [6.07, 6.45) is 0. The van der Waals surface area contributed by atoms with Gasteiger partial charge in [-0.25, -0.2) is 4.98 Å². The van der Waals surface area contributed by atoms with Crippen LogP contribution in [0.3, 0.4) is 0 Å². The second-order valence-electron chi connectivity index (χ2n) is 6.62. The van der Waals surface area contributed by atoms with Crippen molar-refractivity contribution in [3.05, 3.63) is 53.1 Å². The van der Waals surface area contributed by atoms with E-state index in [2.05, 4.69) is 15.4 Å². The van der Waals surface area contributed by atoms with E-state index in [1.165, 1.54) is 0 Å². The second-order valence-corrected chi connectivity index (χ2v) is 7.03. The van der Waals surface area contributed by atoms with Crippen LogP contribution >= 0.6 is 11.6 Å². The van der Waals surface area contributed by atoms with Gasteiger partial charge in [-0.2, -0.15) is 10.1 Å². The Hall–Kier alpha value is -3.52. The predicted octanol–water partition coefficient (Wildman–Crippen LogP) is 3.61. The van der Waals surface area contributed by atoms with Crippen LogP contribution in [-0.4, -0.2) is 26.5 Å². The zero-order valence-corrected chi connectivity index (χ0v) is 16.3. The number of rotatable bonds is 4. The van der Waals surface area contributed by atoms with Gasteiger partial charge in [0.2, 0.25) is 12.7 Å². The first-order valence-corrected chi connectivity index (χ1v) is 9.35. The number of nitrogens with zero attached hydrogens (tertiary/aromatic N) is 4. The van der Waals surface area contributed by atoms with E-state index in [0.29, 0.717) is 40.1 Å². The summed E-state index contributed by atoms with van der Waals surface area (Å²) in [5, 5.41) is 8.92. The van der Waals surface area contributed by atoms with E-state index in [9.17, 15) is 0 Å². The van der Waals surface area contributed by atoms with Crippen LogP contribution in [0.1, 0.15) is 5.56 Å². The molecule has 29 heavy (non-hydrogen) atoms. The third kappa shape index (κ3) is 3.07. The van der Waals surface area contributed by atoms with Gasteiger partial charge in [-0.05, 0) is 23.8 Å². The summed E-state index contributed by atoms with van der Waals surface area (Å²) in [5.74, 6) is 2.40. The molecule has 0 spiro atoms. The summed E-state index contributed by atoms with van der Waals surface area (Å²) >= 11 is 6.42. The maximum absolute atomic E-state index is 6.42. The summed E-state index contributed by atoms with van der Waals surface area (Å²) in [7, 11) is 1.77. The third-order valence-corrected chi connectivity index (χ3v) is 5.09. The fourth-order valence-corrected chi connectivity index (χ4v) is 3.50. The van der Waals surface area contributed by atoms with Crippen molar-refractivity contribution in [1.82, 2.24) is 19.7 Å². The first-order chi connectivity index (χ1) is 14.1. The Bertz CT molecular complexity index is 1240. The summed E-state index contributed by atoms with van der Waals surface area (Å²) in [6, 6.07) is 13.3. The van der Waals surface area contributed by atoms with Gasteiger partial charge >= 0.3 is 0 Å². The maximum Gasteiger partial charge on any atom is 0.231 e. The molecule has 1 aliphatic rings. The van der Waals surface area contributed by atoms with Crippen LogP contribution in [0, 0.1) is 0 Å². The van der Waals surface area contributed by atoms with Crippen molar-refractivity contribution in [2.24, 2.45) is 7.05 Å². The minimum atomic E-state index is 0.244. The third-order valence-electron chi connectivity index (χ3n) is 4.76. The minimum Gasteiger partial charge on any atom is -0.454 e. The van der Waals surface area contributed by atoms with E-state index >= 15 is 0 Å². The van der Waals surface area contributed by atoms with Gasteiger partial charge in [0, 0.05) is 24.2 Å². The number of aromatic nitrogens is 4. The number of fused-ring (bicyclic) bond motifs is 2. The monoisotopic (exact) mass is 408 g/mol. The molecule has 3 heterocycles. The molecule has 0 saturated heterocycles. The highest BCUT2D eigenvalue weighted by atomic mass is 35.5. The second kappa shape index (κ2) is 6.82. The maximum atomic E-state index is 6.42. The first-order valence-electron chi connectivity index (χ1n) is 8.97. The number of halogens is 1. The van der Waals surface area contributed by atoms with Gasteiger partial charge in [0.25, 0.3) is 0 Å². The Morgan fingerprint density at radius 1 is 1.14 bits per heavy atom. The van der Waals surface area contributed by atoms with Crippen LogP contribution in [0.2, 0.25) is 5.02 Å². The molecule has 0 saturated carbocycles. The first kappa shape index (κ1) is 17.6. The largest absolute Gasteiger partial charge is 0.454 e. The predicted molar refractivity (Wildman–Crippen MR) is 111 cm³/mol. The van der Waals surface area contributed by atoms with Gasteiger partial charge in [-0.3, -0.25) is 4.68 Å². The lowest BCUT2D eigenvalue weighted by molar-refractivity contribution is 0.174. The van der Waals surface area contributed by atoms with Crippen LogP contribution in [-0.2, 0) is 13.6 Å². The number of ether oxygens (including phenoxy) is 2. The van der Waals surface area contributed by atoms with E-state index in [-0.39, 0.29) is 6.79 Å². The fraction of sp³-hybridized carbons (Fsp3) is 0.150. The van der Waals surface area contributed by atoms with E-state index < -0.39 is 0 Å². The molecule has 1 aliphatic heterocycles. The van der Waals surface area contributed by atoms with Gasteiger partial charge in [0.1, 0.15) is 5.82 Å². The summed E-state index contributed by atoms with van der Waals surface area (Å²) in [5.41, 5.74) is 9.15. The molecule has 146 valence electrons. The fourth-order valence-electron chi connectivity index (χ4n) is 3.27. The molecule has 3 N–H and O–H groups in total. The minimum absolute atomic E-state index is 0.244. The molecular formula is C20H17ClN6O2. The van der Waals surface area contributed by atoms with Crippen molar-refractivity contribution in [3.8, 4) is 22.8 Å². The lowest BCUT2D eigenvalue weighted by Gasteiger charge is -2.10. The van der Waals surface area contributed by atoms with E-state index in [1.807, 2.05) is 42.5 Å². The quantitative estimate of drug-likeness (QED) is 0.532. The topological polar surface area (TPSA) is 100 Å². The highest BCUT2D eigenvalue weighted by molar-refractivity contribution is 6.33. The van der Waals surface area contributed by atoms with Crippen LogP contribution in [0.25, 0.3) is 22.3 Å². The summed E-state index contributed by atoms with van der Waals surface area (Å²) in [6.45, 7) is 0.751. The van der Waals surface area contributed by atoms with Crippen molar-refractivity contribution in [1.29, 1.82) is 0 Å². The molecule has 2 aromatic heterocycles. The Labute approximate surface area is 171 Å². The summed E-state index contributed by atoms with van der Waals surface area (Å²) < 4.78 is 12.4. The van der Waals surface area contributed by atoms with Gasteiger partial charge in [0.15, 0.2) is 17.1 Å². The lowest BCUT2D eigenvalue weighted by Crippen LogP contribution is -2.05. The molecule has 0 atom stereocenters. The molecule has 8 nitrogen and oxygen atoms in total. The molecule has 5 rings (SSSR count). The Morgan fingerprint density at radius 3 is 2.83 bits per heavy atom. The molecule has 0 aliphatic carbocycles. The molecule has 9 heteroatoms. The van der Waals surface area contributed by atoms with E-state index in [1.54, 1.807) is 11.7 Å². The van der Waals surface area contributed by atoms with Gasteiger partial charge in [0.05, 0.1) is 11.1 Å². The highest BCUT2D eigenvalue weighted by Crippen LogP contribution is 2.35. The standard InChI is InChI=1S/C20H17ClN6O2/c1-27-18(22)16-17(12-4-2-3-5-13(12)21)24-20(25-19(16)26-27)23-9-11-6-7-14-15(8-11)29-10-28-14/h2-8H,9-10,22H2,1H3,(H,23,25,26). The molecule has 2 aromatic carbocycles. The number of aryl methyl sites for hydroxylation is 1. The average molecular weight is 409 g/mol. The zero-order valence-electron chi connectivity index (χ0n) is 15.5. The molecule has 0 bridgehead atoms. The van der Waals surface area contributed by atoms with E-state index in [0.717, 1.165) is 22.6 Å². The molecular weight excluding hydrogens is 392 g/mol. The van der Waals surface area contributed by atoms with Crippen molar-refractivity contribution >= 4 is 34.4 Å². The number of anilines is 2. The SMILES string of the molecule is Cn1nc2nc(NCc3ccc4c(c3)OCO4)nc(-c3ccccc3Cl)c2c1N. The molecule has 0 unspecified atom stereocenters. The Kier molecular flexibility index (Phi) is 4.13. The average Bonchev–Trinajstić information content (AvgIpc) is 3.30. The smallest absolute Gasteiger partial charge is 0.231 e. The summed E-state index contributed by atoms with van der Waals surface area (Å²) in [4.78, 5) is 9.22. The zero-order chi connectivity index (χ0) is 20.0. The van der Waals surface area contributed by atoms with Crippen LogP contribution in [0.15, 0.2) is 42.5 Å². The van der Waals surface area contributed by atoms with Gasteiger partial charge in [-0.1, -0.05) is 35.9 Å². The Morgan fingerprint density at radius 2 is 1.97 bits per heavy atom. The number of hydrogen-bond acceptors (Lipinski definition) is 7. The number of nitrogens with two attached hydrogens (primary N) is 1. The van der Waals surface area contributed by atoms with Gasteiger partial charge in [-0.15, -0.1) is 0 Å². The van der Waals surface area contributed by atoms with Crippen molar-refractivity contribution in [2.75, 3.05) is 17.8 Å². The Balaban J connectivity index is 1.54. The lowest BCUT2D eigenvalue weighted by atomic mass is 10.1. The van der Waals surface area contributed by atoms with Gasteiger partial charge < -0.3 is 20.5 Å². The normalized spacial score (nSPS) is 12.5. The van der Waals surface area contributed by atoms with Crippen LogP contribution in [0.5, 0.6) is 11.5 Å². The van der Waals surface area contributed by atoms with Crippen molar-refractivity contribution in [2.45, 2.75) is 6.54 Å². The molecule has 0 radical (unpaired) electrons. The van der Waals surface area contributed by atoms with Crippen molar-refractivity contribution < 1.29 is 9.47 Å².